The number of aryl methyl sites for hydroxylation is 1. The summed E-state index contributed by atoms with van der Waals surface area (Å²) < 4.78 is 25.2. The smallest absolute Gasteiger partial charge is 0.274 e. The van der Waals surface area contributed by atoms with Gasteiger partial charge in [-0.25, -0.2) is 14.4 Å². The number of aliphatic hydroxyl groups excluding tert-OH is 1. The Kier molecular flexibility index (Phi) is 7.64. The van der Waals surface area contributed by atoms with Crippen LogP contribution in [0.2, 0.25) is 0 Å². The lowest BCUT2D eigenvalue weighted by Crippen LogP contribution is -2.16. The molecule has 0 spiro atoms. The van der Waals surface area contributed by atoms with Crippen molar-refractivity contribution in [1.29, 1.82) is 0 Å². The molecule has 0 aliphatic heterocycles. The number of anilines is 1. The molecule has 1 fully saturated rings. The number of carbonyl (C=O) groups excluding carboxylic acids is 1. The van der Waals surface area contributed by atoms with Crippen molar-refractivity contribution in [3.05, 3.63) is 52.0 Å². The Morgan fingerprint density at radius 2 is 2.00 bits per heavy atom. The monoisotopic (exact) mass is 473 g/mol. The van der Waals surface area contributed by atoms with Gasteiger partial charge in [-0.15, -0.1) is 11.3 Å². The second-order valence-electron chi connectivity index (χ2n) is 8.45. The van der Waals surface area contributed by atoms with Crippen molar-refractivity contribution in [3.8, 4) is 0 Å². The first-order valence-electron chi connectivity index (χ1n) is 11.0. The number of ether oxygens (including phenoxy) is 2. The van der Waals surface area contributed by atoms with E-state index < -0.39 is 11.7 Å². The molecule has 3 aromatic rings. The molecule has 1 aliphatic rings. The summed E-state index contributed by atoms with van der Waals surface area (Å²) in [5.74, 6) is -0.218. The molecule has 7 nitrogen and oxygen atoms in total. The molecule has 0 atom stereocenters. The fourth-order valence-corrected chi connectivity index (χ4v) is 5.36. The number of aliphatic hydroxyl groups is 1. The van der Waals surface area contributed by atoms with E-state index in [1.807, 2.05) is 12.1 Å². The topological polar surface area (TPSA) is 93.6 Å². The number of nitrogens with zero attached hydrogens (tertiary/aromatic N) is 2. The van der Waals surface area contributed by atoms with E-state index in [9.17, 15) is 14.3 Å². The first kappa shape index (κ1) is 23.7. The standard InChI is InChI=1S/C24H28FN3O4S/c1-14-7-18(25)9-21(26-14)23(30)27-19-10-22-20(8-17(19)12-32-13-31-2)28-24(33-22)16-5-3-15(11-29)4-6-16/h7-10,15-16,29H,3-6,11-13H2,1-2H3,(H,27,30). The molecule has 9 heteroatoms. The molecule has 33 heavy (non-hydrogen) atoms. The molecule has 1 amide bonds. The van der Waals surface area contributed by atoms with Crippen LogP contribution in [-0.4, -0.2) is 41.5 Å². The van der Waals surface area contributed by atoms with E-state index >= 15 is 0 Å². The van der Waals surface area contributed by atoms with E-state index in [1.54, 1.807) is 25.4 Å². The summed E-state index contributed by atoms with van der Waals surface area (Å²) in [5, 5.41) is 13.3. The highest BCUT2D eigenvalue weighted by Gasteiger charge is 2.25. The number of carbonyl (C=O) groups is 1. The van der Waals surface area contributed by atoms with Gasteiger partial charge in [-0.05, 0) is 56.7 Å². The van der Waals surface area contributed by atoms with Gasteiger partial charge < -0.3 is 19.9 Å². The van der Waals surface area contributed by atoms with Crippen LogP contribution < -0.4 is 5.32 Å². The molecular weight excluding hydrogens is 445 g/mol. The minimum atomic E-state index is -0.505. The molecule has 0 saturated heterocycles. The zero-order chi connectivity index (χ0) is 23.4. The molecule has 4 rings (SSSR count). The zero-order valence-electron chi connectivity index (χ0n) is 18.8. The van der Waals surface area contributed by atoms with E-state index in [0.717, 1.165) is 52.5 Å². The van der Waals surface area contributed by atoms with Crippen molar-refractivity contribution >= 4 is 33.1 Å². The first-order valence-corrected chi connectivity index (χ1v) is 11.8. The molecule has 2 N–H and O–H groups in total. The van der Waals surface area contributed by atoms with Crippen molar-refractivity contribution in [2.75, 3.05) is 25.8 Å². The average molecular weight is 474 g/mol. The zero-order valence-corrected chi connectivity index (χ0v) is 19.6. The lowest BCUT2D eigenvalue weighted by molar-refractivity contribution is -0.0388. The second kappa shape index (κ2) is 10.6. The van der Waals surface area contributed by atoms with Crippen molar-refractivity contribution in [3.63, 3.8) is 0 Å². The van der Waals surface area contributed by atoms with Gasteiger partial charge in [0, 0.05) is 42.6 Å². The summed E-state index contributed by atoms with van der Waals surface area (Å²) in [6.07, 6.45) is 4.05. The van der Waals surface area contributed by atoms with Gasteiger partial charge in [0.15, 0.2) is 0 Å². The number of rotatable bonds is 8. The third kappa shape index (κ3) is 5.73. The molecular formula is C24H28FN3O4S. The molecule has 1 aromatic carbocycles. The van der Waals surface area contributed by atoms with Crippen LogP contribution in [-0.2, 0) is 16.1 Å². The fourth-order valence-electron chi connectivity index (χ4n) is 4.20. The van der Waals surface area contributed by atoms with Crippen LogP contribution in [0, 0.1) is 18.7 Å². The summed E-state index contributed by atoms with van der Waals surface area (Å²) in [5.41, 5.74) is 2.63. The number of hydrogen-bond acceptors (Lipinski definition) is 7. The van der Waals surface area contributed by atoms with Crippen molar-refractivity contribution < 1.29 is 23.8 Å². The molecule has 1 saturated carbocycles. The first-order chi connectivity index (χ1) is 16.0. The van der Waals surface area contributed by atoms with Gasteiger partial charge in [-0.2, -0.15) is 0 Å². The van der Waals surface area contributed by atoms with Crippen molar-refractivity contribution in [1.82, 2.24) is 9.97 Å². The largest absolute Gasteiger partial charge is 0.396 e. The van der Waals surface area contributed by atoms with Crippen LogP contribution in [0.5, 0.6) is 0 Å². The molecule has 0 radical (unpaired) electrons. The SMILES string of the molecule is COCOCc1cc2nc(C3CCC(CO)CC3)sc2cc1NC(=O)c1cc(F)cc(C)n1. The fraction of sp³-hybridized carbons (Fsp3) is 0.458. The number of amides is 1. The summed E-state index contributed by atoms with van der Waals surface area (Å²) in [7, 11) is 1.54. The molecule has 0 bridgehead atoms. The predicted molar refractivity (Wildman–Crippen MR) is 125 cm³/mol. The van der Waals surface area contributed by atoms with Crippen LogP contribution in [0.1, 0.15) is 58.4 Å². The number of methoxy groups -OCH3 is 1. The maximum atomic E-state index is 13.8. The average Bonchev–Trinajstić information content (AvgIpc) is 3.21. The molecule has 0 unspecified atom stereocenters. The maximum Gasteiger partial charge on any atom is 0.274 e. The summed E-state index contributed by atoms with van der Waals surface area (Å²) >= 11 is 1.63. The molecule has 1 aliphatic carbocycles. The third-order valence-corrected chi connectivity index (χ3v) is 7.12. The quantitative estimate of drug-likeness (QED) is 0.361. The van der Waals surface area contributed by atoms with E-state index in [-0.39, 0.29) is 25.7 Å². The summed E-state index contributed by atoms with van der Waals surface area (Å²) in [4.78, 5) is 21.8. The van der Waals surface area contributed by atoms with E-state index in [0.29, 0.717) is 23.2 Å². The van der Waals surface area contributed by atoms with Gasteiger partial charge in [0.1, 0.15) is 18.3 Å². The number of nitrogens with one attached hydrogen (secondary N) is 1. The summed E-state index contributed by atoms with van der Waals surface area (Å²) in [6, 6.07) is 6.21. The van der Waals surface area contributed by atoms with Crippen molar-refractivity contribution in [2.24, 2.45) is 5.92 Å². The van der Waals surface area contributed by atoms with E-state index in [4.69, 9.17) is 14.5 Å². The van der Waals surface area contributed by atoms with Gasteiger partial charge in [0.05, 0.1) is 21.8 Å². The summed E-state index contributed by atoms with van der Waals surface area (Å²) in [6.45, 7) is 2.24. The van der Waals surface area contributed by atoms with Gasteiger partial charge in [0.25, 0.3) is 5.91 Å². The van der Waals surface area contributed by atoms with Gasteiger partial charge in [-0.3, -0.25) is 4.79 Å². The minimum absolute atomic E-state index is 0.0157. The Balaban J connectivity index is 1.61. The number of fused-ring (bicyclic) bond motifs is 1. The van der Waals surface area contributed by atoms with Crippen LogP contribution >= 0.6 is 11.3 Å². The highest BCUT2D eigenvalue weighted by Crippen LogP contribution is 2.40. The van der Waals surface area contributed by atoms with Gasteiger partial charge >= 0.3 is 0 Å². The molecule has 176 valence electrons. The predicted octanol–water partition coefficient (Wildman–Crippen LogP) is 4.78. The molecule has 2 heterocycles. The number of thiazole rings is 1. The Hall–Kier alpha value is -2.46. The van der Waals surface area contributed by atoms with Crippen LogP contribution in [0.4, 0.5) is 10.1 Å². The van der Waals surface area contributed by atoms with Gasteiger partial charge in [0.2, 0.25) is 0 Å². The van der Waals surface area contributed by atoms with E-state index in [1.165, 1.54) is 6.07 Å². The Bertz CT molecular complexity index is 1110. The number of halogens is 1. The normalized spacial score (nSPS) is 18.5. The number of pyridine rings is 1. The van der Waals surface area contributed by atoms with Crippen LogP contribution in [0.25, 0.3) is 10.2 Å². The lowest BCUT2D eigenvalue weighted by atomic mass is 9.83. The maximum absolute atomic E-state index is 13.8. The van der Waals surface area contributed by atoms with Crippen molar-refractivity contribution in [2.45, 2.75) is 45.1 Å². The highest BCUT2D eigenvalue weighted by atomic mass is 32.1. The highest BCUT2D eigenvalue weighted by molar-refractivity contribution is 7.18. The van der Waals surface area contributed by atoms with Crippen LogP contribution in [0.15, 0.2) is 24.3 Å². The number of benzene rings is 1. The Morgan fingerprint density at radius 3 is 2.70 bits per heavy atom. The second-order valence-corrected chi connectivity index (χ2v) is 9.51. The third-order valence-electron chi connectivity index (χ3n) is 5.94. The Morgan fingerprint density at radius 1 is 1.21 bits per heavy atom. The number of hydrogen-bond donors (Lipinski definition) is 2. The minimum Gasteiger partial charge on any atom is -0.396 e. The number of aromatic nitrogens is 2. The Labute approximate surface area is 196 Å². The molecule has 2 aromatic heterocycles. The van der Waals surface area contributed by atoms with E-state index in [2.05, 4.69) is 10.3 Å². The lowest BCUT2D eigenvalue weighted by Gasteiger charge is -2.25. The van der Waals surface area contributed by atoms with Gasteiger partial charge in [-0.1, -0.05) is 0 Å². The van der Waals surface area contributed by atoms with Crippen LogP contribution in [0.3, 0.4) is 0 Å².